The minimum atomic E-state index is -3.23. The lowest BCUT2D eigenvalue weighted by molar-refractivity contribution is 0.408. The lowest BCUT2D eigenvalue weighted by Gasteiger charge is -2.22. The zero-order valence-corrected chi connectivity index (χ0v) is 10.5. The molecule has 1 rings (SSSR count). The molecule has 90 valence electrons. The molecule has 1 heterocycles. The van der Waals surface area contributed by atoms with E-state index in [0.717, 1.165) is 32.1 Å². The van der Waals surface area contributed by atoms with Crippen molar-refractivity contribution in [1.82, 2.24) is 9.03 Å². The average molecular weight is 234 g/mol. The summed E-state index contributed by atoms with van der Waals surface area (Å²) in [7, 11) is -3.23. The number of nitrogens with zero attached hydrogens (tertiary/aromatic N) is 1. The predicted octanol–water partition coefficient (Wildman–Crippen LogP) is 1.50. The van der Waals surface area contributed by atoms with Crippen LogP contribution in [0.4, 0.5) is 0 Å². The molecule has 4 nitrogen and oxygen atoms in total. The molecule has 0 aliphatic carbocycles. The third-order valence-electron chi connectivity index (χ3n) is 2.87. The van der Waals surface area contributed by atoms with E-state index in [0.29, 0.717) is 13.1 Å². The van der Waals surface area contributed by atoms with Gasteiger partial charge in [-0.15, -0.1) is 0 Å². The third-order valence-corrected chi connectivity index (χ3v) is 4.61. The van der Waals surface area contributed by atoms with Gasteiger partial charge in [0.15, 0.2) is 0 Å². The monoisotopic (exact) mass is 234 g/mol. The Morgan fingerprint density at radius 2 is 1.73 bits per heavy atom. The maximum Gasteiger partial charge on any atom is 0.279 e. The van der Waals surface area contributed by atoms with E-state index in [4.69, 9.17) is 0 Å². The van der Waals surface area contributed by atoms with Crippen LogP contribution in [0.25, 0.3) is 0 Å². The fraction of sp³-hybridized carbons (Fsp3) is 1.00. The normalized spacial score (nSPS) is 22.3. The van der Waals surface area contributed by atoms with Crippen LogP contribution in [0.1, 0.15) is 46.0 Å². The second-order valence-corrected chi connectivity index (χ2v) is 5.95. The van der Waals surface area contributed by atoms with E-state index in [2.05, 4.69) is 4.72 Å². The summed E-state index contributed by atoms with van der Waals surface area (Å²) in [6.45, 7) is 5.22. The number of hydrogen-bond donors (Lipinski definition) is 1. The Hall–Kier alpha value is -0.130. The van der Waals surface area contributed by atoms with Gasteiger partial charge in [-0.2, -0.15) is 17.4 Å². The van der Waals surface area contributed by atoms with Crippen molar-refractivity contribution in [3.8, 4) is 0 Å². The third kappa shape index (κ3) is 4.09. The maximum absolute atomic E-state index is 11.9. The summed E-state index contributed by atoms with van der Waals surface area (Å²) in [6, 6.07) is 0.0262. The molecule has 0 radical (unpaired) electrons. The van der Waals surface area contributed by atoms with Gasteiger partial charge in [-0.05, 0) is 26.2 Å². The van der Waals surface area contributed by atoms with E-state index in [1.807, 2.05) is 13.8 Å². The van der Waals surface area contributed by atoms with Gasteiger partial charge in [0.1, 0.15) is 0 Å². The zero-order chi connectivity index (χ0) is 11.3. The second-order valence-electron chi connectivity index (χ2n) is 4.25. The Balaban J connectivity index is 2.58. The highest BCUT2D eigenvalue weighted by atomic mass is 32.2. The predicted molar refractivity (Wildman–Crippen MR) is 61.8 cm³/mol. The fourth-order valence-electron chi connectivity index (χ4n) is 1.69. The summed E-state index contributed by atoms with van der Waals surface area (Å²) < 4.78 is 28.1. The van der Waals surface area contributed by atoms with Crippen molar-refractivity contribution in [3.63, 3.8) is 0 Å². The minimum Gasteiger partial charge on any atom is -0.199 e. The highest BCUT2D eigenvalue weighted by molar-refractivity contribution is 7.87. The molecule has 0 bridgehead atoms. The van der Waals surface area contributed by atoms with E-state index in [9.17, 15) is 8.42 Å². The van der Waals surface area contributed by atoms with E-state index in [1.165, 1.54) is 0 Å². The van der Waals surface area contributed by atoms with Gasteiger partial charge in [-0.3, -0.25) is 0 Å². The molecule has 0 aromatic rings. The quantitative estimate of drug-likeness (QED) is 0.801. The summed E-state index contributed by atoms with van der Waals surface area (Å²) >= 11 is 0. The van der Waals surface area contributed by atoms with Crippen LogP contribution in [0.15, 0.2) is 0 Å². The van der Waals surface area contributed by atoms with E-state index in [-0.39, 0.29) is 6.04 Å². The average Bonchev–Trinajstić information content (AvgIpc) is 2.45. The molecular formula is C10H22N2O2S. The molecule has 1 N–H and O–H groups in total. The Morgan fingerprint density at radius 1 is 1.20 bits per heavy atom. The van der Waals surface area contributed by atoms with Gasteiger partial charge in [0, 0.05) is 19.1 Å². The summed E-state index contributed by atoms with van der Waals surface area (Å²) in [6.07, 6.45) is 5.10. The molecule has 0 aromatic carbocycles. The van der Waals surface area contributed by atoms with Gasteiger partial charge in [-0.25, -0.2) is 0 Å². The summed E-state index contributed by atoms with van der Waals surface area (Å²) in [5.41, 5.74) is 0. The standard InChI is InChI=1S/C10H22N2O2S/c1-3-10(2)11-15(13,14)12-8-6-4-5-7-9-12/h10-11H,3-9H2,1-2H3. The van der Waals surface area contributed by atoms with Crippen LogP contribution < -0.4 is 4.72 Å². The van der Waals surface area contributed by atoms with Gasteiger partial charge >= 0.3 is 0 Å². The Morgan fingerprint density at radius 3 is 2.20 bits per heavy atom. The van der Waals surface area contributed by atoms with Crippen molar-refractivity contribution < 1.29 is 8.42 Å². The Kier molecular flexibility index (Phi) is 5.02. The van der Waals surface area contributed by atoms with Crippen LogP contribution >= 0.6 is 0 Å². The first-order valence-corrected chi connectivity index (χ1v) is 7.27. The molecule has 1 aliphatic rings. The Bertz CT molecular complexity index is 269. The van der Waals surface area contributed by atoms with Crippen LogP contribution in [0, 0.1) is 0 Å². The van der Waals surface area contributed by atoms with Crippen molar-refractivity contribution in [2.75, 3.05) is 13.1 Å². The van der Waals surface area contributed by atoms with Gasteiger partial charge in [0.05, 0.1) is 0 Å². The van der Waals surface area contributed by atoms with Crippen molar-refractivity contribution in [3.05, 3.63) is 0 Å². The molecule has 1 saturated heterocycles. The topological polar surface area (TPSA) is 49.4 Å². The molecule has 0 aromatic heterocycles. The molecule has 5 heteroatoms. The highest BCUT2D eigenvalue weighted by Gasteiger charge is 2.23. The lowest BCUT2D eigenvalue weighted by atomic mass is 10.2. The fourth-order valence-corrected chi connectivity index (χ4v) is 3.26. The van der Waals surface area contributed by atoms with Crippen molar-refractivity contribution in [2.45, 2.75) is 52.0 Å². The zero-order valence-electron chi connectivity index (χ0n) is 9.70. The van der Waals surface area contributed by atoms with E-state index >= 15 is 0 Å². The highest BCUT2D eigenvalue weighted by Crippen LogP contribution is 2.12. The number of nitrogens with one attached hydrogen (secondary N) is 1. The van der Waals surface area contributed by atoms with Crippen LogP contribution in [-0.4, -0.2) is 31.9 Å². The minimum absolute atomic E-state index is 0.0262. The molecule has 1 aliphatic heterocycles. The smallest absolute Gasteiger partial charge is 0.199 e. The first-order chi connectivity index (χ1) is 7.06. The van der Waals surface area contributed by atoms with Crippen LogP contribution in [0.5, 0.6) is 0 Å². The second kappa shape index (κ2) is 5.82. The molecular weight excluding hydrogens is 212 g/mol. The number of hydrogen-bond acceptors (Lipinski definition) is 2. The molecule has 0 spiro atoms. The molecule has 15 heavy (non-hydrogen) atoms. The molecule has 1 unspecified atom stereocenters. The molecule has 1 fully saturated rings. The number of rotatable bonds is 4. The molecule has 0 saturated carbocycles. The van der Waals surface area contributed by atoms with E-state index < -0.39 is 10.2 Å². The van der Waals surface area contributed by atoms with Crippen LogP contribution in [0.2, 0.25) is 0 Å². The van der Waals surface area contributed by atoms with Gasteiger partial charge in [0.25, 0.3) is 10.2 Å². The Labute approximate surface area is 93.2 Å². The van der Waals surface area contributed by atoms with Crippen molar-refractivity contribution in [2.24, 2.45) is 0 Å². The van der Waals surface area contributed by atoms with Gasteiger partial charge in [-0.1, -0.05) is 19.8 Å². The van der Waals surface area contributed by atoms with Crippen molar-refractivity contribution in [1.29, 1.82) is 0 Å². The molecule has 0 amide bonds. The van der Waals surface area contributed by atoms with Crippen molar-refractivity contribution >= 4 is 10.2 Å². The van der Waals surface area contributed by atoms with Crippen LogP contribution in [0.3, 0.4) is 0 Å². The summed E-state index contributed by atoms with van der Waals surface area (Å²) in [5.74, 6) is 0. The van der Waals surface area contributed by atoms with Gasteiger partial charge in [0.2, 0.25) is 0 Å². The lowest BCUT2D eigenvalue weighted by Crippen LogP contribution is -2.44. The summed E-state index contributed by atoms with van der Waals surface area (Å²) in [4.78, 5) is 0. The molecule has 1 atom stereocenters. The maximum atomic E-state index is 11.9. The first kappa shape index (κ1) is 12.9. The summed E-state index contributed by atoms with van der Waals surface area (Å²) in [5, 5.41) is 0. The van der Waals surface area contributed by atoms with Crippen LogP contribution in [-0.2, 0) is 10.2 Å². The SMILES string of the molecule is CCC(C)NS(=O)(=O)N1CCCCCC1. The van der Waals surface area contributed by atoms with E-state index in [1.54, 1.807) is 4.31 Å². The first-order valence-electron chi connectivity index (χ1n) is 5.83. The largest absolute Gasteiger partial charge is 0.279 e. The van der Waals surface area contributed by atoms with Gasteiger partial charge < -0.3 is 0 Å².